The molecule has 0 N–H and O–H groups in total. The van der Waals surface area contributed by atoms with E-state index < -0.39 is 0 Å². The Balaban J connectivity index is 1.86. The maximum atomic E-state index is 2.45. The minimum atomic E-state index is 1.20. The van der Waals surface area contributed by atoms with E-state index in [2.05, 4.69) is 42.9 Å². The number of unbranched alkanes of at least 4 members (excludes halogenated alkanes) is 27. The Morgan fingerprint density at radius 1 is 0.410 bits per heavy atom. The summed E-state index contributed by atoms with van der Waals surface area (Å²) in [7, 11) is 0. The highest BCUT2D eigenvalue weighted by Crippen LogP contribution is 2.15. The minimum absolute atomic E-state index is 1.20. The second-order valence-electron chi connectivity index (χ2n) is 12.7. The van der Waals surface area contributed by atoms with Crippen molar-refractivity contribution >= 4 is 0 Å². The number of hydrogen-bond donors (Lipinski definition) is 0. The average molecular weight is 543 g/mol. The number of aromatic nitrogens is 1. The van der Waals surface area contributed by atoms with Crippen LogP contribution in [-0.2, 0) is 13.0 Å². The third-order valence-electron chi connectivity index (χ3n) is 8.76. The van der Waals surface area contributed by atoms with Crippen molar-refractivity contribution < 1.29 is 4.57 Å². The van der Waals surface area contributed by atoms with E-state index in [0.717, 1.165) is 0 Å². The van der Waals surface area contributed by atoms with Gasteiger partial charge in [-0.2, -0.15) is 0 Å². The van der Waals surface area contributed by atoms with Gasteiger partial charge in [-0.25, -0.2) is 4.57 Å². The number of hydrogen-bond acceptors (Lipinski definition) is 0. The normalized spacial score (nSPS) is 11.4. The number of nitrogens with zero attached hydrogens (tertiary/aromatic N) is 1. The van der Waals surface area contributed by atoms with Gasteiger partial charge in [-0.1, -0.05) is 181 Å². The predicted octanol–water partition coefficient (Wildman–Crippen LogP) is 12.9. The monoisotopic (exact) mass is 543 g/mol. The summed E-state index contributed by atoms with van der Waals surface area (Å²) in [5.41, 5.74) is 1.54. The lowest BCUT2D eigenvalue weighted by Gasteiger charge is -2.04. The van der Waals surface area contributed by atoms with Crippen molar-refractivity contribution in [2.75, 3.05) is 0 Å². The molecule has 228 valence electrons. The van der Waals surface area contributed by atoms with Crippen LogP contribution in [0.15, 0.2) is 24.5 Å². The molecule has 0 fully saturated rings. The van der Waals surface area contributed by atoms with E-state index >= 15 is 0 Å². The average Bonchev–Trinajstić information content (AvgIpc) is 2.95. The molecule has 0 unspecified atom stereocenters. The molecule has 1 heterocycles. The first kappa shape index (κ1) is 36.2. The summed E-state index contributed by atoms with van der Waals surface area (Å²) < 4.78 is 2.45. The van der Waals surface area contributed by atoms with Crippen molar-refractivity contribution in [2.45, 2.75) is 213 Å². The Morgan fingerprint density at radius 2 is 0.744 bits per heavy atom. The number of rotatable bonds is 31. The van der Waals surface area contributed by atoms with Crippen molar-refractivity contribution in [3.63, 3.8) is 0 Å². The molecule has 0 aliphatic rings. The standard InChI is InChI=1S/C38H72N/c1-3-5-7-9-11-13-15-17-18-19-20-21-23-25-27-29-31-35-39-36-32-34-38(37-39)33-30-28-26-24-22-16-14-12-10-8-6-4-2/h32,34,36-37H,3-31,33,35H2,1-2H3/q+1. The Bertz CT molecular complexity index is 594. The molecular weight excluding hydrogens is 470 g/mol. The first-order chi connectivity index (χ1) is 19.4. The lowest BCUT2D eigenvalue weighted by Crippen LogP contribution is -2.33. The molecule has 0 amide bonds. The smallest absolute Gasteiger partial charge is 0.171 e. The van der Waals surface area contributed by atoms with Crippen LogP contribution in [0.25, 0.3) is 0 Å². The molecule has 0 radical (unpaired) electrons. The van der Waals surface area contributed by atoms with Crippen molar-refractivity contribution in [3.05, 3.63) is 30.1 Å². The summed E-state index contributed by atoms with van der Waals surface area (Å²) >= 11 is 0. The second kappa shape index (κ2) is 30.1. The van der Waals surface area contributed by atoms with Crippen LogP contribution < -0.4 is 4.57 Å². The van der Waals surface area contributed by atoms with Crippen molar-refractivity contribution in [2.24, 2.45) is 0 Å². The lowest BCUT2D eigenvalue weighted by atomic mass is 10.0. The van der Waals surface area contributed by atoms with Crippen LogP contribution in [0.1, 0.15) is 206 Å². The molecule has 0 saturated carbocycles. The van der Waals surface area contributed by atoms with Gasteiger partial charge < -0.3 is 0 Å². The highest BCUT2D eigenvalue weighted by Gasteiger charge is 2.03. The van der Waals surface area contributed by atoms with Gasteiger partial charge in [-0.3, -0.25) is 0 Å². The van der Waals surface area contributed by atoms with Crippen molar-refractivity contribution in [1.29, 1.82) is 0 Å². The van der Waals surface area contributed by atoms with Crippen LogP contribution in [0, 0.1) is 0 Å². The second-order valence-corrected chi connectivity index (χ2v) is 12.7. The summed E-state index contributed by atoms with van der Waals surface area (Å²) in [6.45, 7) is 5.81. The van der Waals surface area contributed by atoms with Crippen molar-refractivity contribution in [1.82, 2.24) is 0 Å². The molecule has 0 spiro atoms. The molecule has 1 rings (SSSR count). The van der Waals surface area contributed by atoms with Crippen molar-refractivity contribution in [3.8, 4) is 0 Å². The van der Waals surface area contributed by atoms with Crippen LogP contribution in [0.5, 0.6) is 0 Å². The van der Waals surface area contributed by atoms with Gasteiger partial charge in [0.1, 0.15) is 6.54 Å². The number of aryl methyl sites for hydroxylation is 2. The SMILES string of the molecule is CCCCCCCCCCCCCCCCCCC[n+]1cccc(CCCCCCCCCCCCCC)c1. The zero-order valence-corrected chi connectivity index (χ0v) is 27.2. The molecule has 39 heavy (non-hydrogen) atoms. The quantitative estimate of drug-likeness (QED) is 0.0648. The molecule has 1 aromatic heterocycles. The molecular formula is C38H72N+. The van der Waals surface area contributed by atoms with E-state index in [9.17, 15) is 0 Å². The first-order valence-electron chi connectivity index (χ1n) is 18.3. The third-order valence-corrected chi connectivity index (χ3v) is 8.76. The van der Waals surface area contributed by atoms with Crippen LogP contribution in [0.3, 0.4) is 0 Å². The maximum Gasteiger partial charge on any atom is 0.171 e. The van der Waals surface area contributed by atoms with Gasteiger partial charge >= 0.3 is 0 Å². The third kappa shape index (κ3) is 25.8. The first-order valence-corrected chi connectivity index (χ1v) is 18.3. The Morgan fingerprint density at radius 3 is 1.13 bits per heavy atom. The minimum Gasteiger partial charge on any atom is -0.205 e. The zero-order chi connectivity index (χ0) is 27.9. The van der Waals surface area contributed by atoms with E-state index in [1.807, 2.05) is 0 Å². The highest BCUT2D eigenvalue weighted by molar-refractivity contribution is 5.05. The van der Waals surface area contributed by atoms with Gasteiger partial charge in [-0.05, 0) is 25.3 Å². The van der Waals surface area contributed by atoms with Gasteiger partial charge in [-0.15, -0.1) is 0 Å². The van der Waals surface area contributed by atoms with Crippen LogP contribution >= 0.6 is 0 Å². The molecule has 0 saturated heterocycles. The maximum absolute atomic E-state index is 2.45. The van der Waals surface area contributed by atoms with Gasteiger partial charge in [0.2, 0.25) is 0 Å². The summed E-state index contributed by atoms with van der Waals surface area (Å²) in [5, 5.41) is 0. The fourth-order valence-electron chi connectivity index (χ4n) is 6.05. The van der Waals surface area contributed by atoms with Crippen LogP contribution in [-0.4, -0.2) is 0 Å². The topological polar surface area (TPSA) is 3.88 Å². The van der Waals surface area contributed by atoms with E-state index in [1.54, 1.807) is 0 Å². The fraction of sp³-hybridized carbons (Fsp3) is 0.868. The van der Waals surface area contributed by atoms with E-state index in [4.69, 9.17) is 0 Å². The molecule has 0 aliphatic heterocycles. The molecule has 1 heteroatoms. The van der Waals surface area contributed by atoms with E-state index in [-0.39, 0.29) is 0 Å². The van der Waals surface area contributed by atoms with Crippen LogP contribution in [0.2, 0.25) is 0 Å². The van der Waals surface area contributed by atoms with Gasteiger partial charge in [0.05, 0.1) is 0 Å². The molecule has 0 atom stereocenters. The lowest BCUT2D eigenvalue weighted by molar-refractivity contribution is -0.697. The molecule has 0 aliphatic carbocycles. The van der Waals surface area contributed by atoms with Gasteiger partial charge in [0.25, 0.3) is 0 Å². The molecule has 1 aromatic rings. The largest absolute Gasteiger partial charge is 0.205 e. The Hall–Kier alpha value is -0.850. The Kier molecular flexibility index (Phi) is 27.9. The molecule has 0 aromatic carbocycles. The summed E-state index contributed by atoms with van der Waals surface area (Å²) in [4.78, 5) is 0. The summed E-state index contributed by atoms with van der Waals surface area (Å²) in [5.74, 6) is 0. The Labute approximate surface area is 247 Å². The summed E-state index contributed by atoms with van der Waals surface area (Å²) in [6.07, 6.45) is 47.8. The van der Waals surface area contributed by atoms with E-state index in [1.165, 1.54) is 205 Å². The van der Waals surface area contributed by atoms with Gasteiger partial charge in [0, 0.05) is 18.1 Å². The summed E-state index contributed by atoms with van der Waals surface area (Å²) in [6, 6.07) is 4.60. The van der Waals surface area contributed by atoms with Crippen LogP contribution in [0.4, 0.5) is 0 Å². The fourth-order valence-corrected chi connectivity index (χ4v) is 6.05. The molecule has 0 bridgehead atoms. The van der Waals surface area contributed by atoms with Gasteiger partial charge in [0.15, 0.2) is 12.4 Å². The zero-order valence-electron chi connectivity index (χ0n) is 27.2. The number of pyridine rings is 1. The highest BCUT2D eigenvalue weighted by atomic mass is 14.9. The predicted molar refractivity (Wildman–Crippen MR) is 176 cm³/mol. The van der Waals surface area contributed by atoms with E-state index in [0.29, 0.717) is 0 Å². The molecule has 1 nitrogen and oxygen atoms in total.